The first-order valence-electron chi connectivity index (χ1n) is 11.3. The van der Waals surface area contributed by atoms with Gasteiger partial charge in [0.2, 0.25) is 0 Å². The number of carbonyl (C=O) groups is 1. The number of pyridine rings is 2. The summed E-state index contributed by atoms with van der Waals surface area (Å²) < 4.78 is 0. The normalized spacial score (nSPS) is 14.4. The first kappa shape index (κ1) is 22.2. The average molecular weight is 474 g/mol. The Morgan fingerprint density at radius 3 is 2.47 bits per heavy atom. The van der Waals surface area contributed by atoms with Gasteiger partial charge in [-0.05, 0) is 50.4 Å². The number of carbonyl (C=O) groups excluding carboxylic acids is 1. The van der Waals surface area contributed by atoms with Crippen molar-refractivity contribution in [2.24, 2.45) is 0 Å². The second-order valence-corrected chi connectivity index (χ2v) is 9.54. The van der Waals surface area contributed by atoms with Gasteiger partial charge in [0.1, 0.15) is 22.0 Å². The number of nitrogens with zero attached hydrogens (tertiary/aromatic N) is 6. The zero-order valence-electron chi connectivity index (χ0n) is 19.5. The molecule has 174 valence electrons. The van der Waals surface area contributed by atoms with Gasteiger partial charge in [0.05, 0.1) is 5.56 Å². The fourth-order valence-corrected chi connectivity index (χ4v) is 4.68. The fourth-order valence-electron chi connectivity index (χ4n) is 3.84. The van der Waals surface area contributed by atoms with Crippen molar-refractivity contribution >= 4 is 50.0 Å². The predicted octanol–water partition coefficient (Wildman–Crippen LogP) is 4.29. The second-order valence-electron chi connectivity index (χ2n) is 8.56. The summed E-state index contributed by atoms with van der Waals surface area (Å²) in [5, 5.41) is 3.95. The summed E-state index contributed by atoms with van der Waals surface area (Å²) in [4.78, 5) is 33.6. The Hall–Kier alpha value is -3.56. The molecule has 5 rings (SSSR count). The van der Waals surface area contributed by atoms with Gasteiger partial charge in [-0.25, -0.2) is 15.0 Å². The lowest BCUT2D eigenvalue weighted by molar-refractivity contribution is 0.0663. The van der Waals surface area contributed by atoms with Gasteiger partial charge in [0.15, 0.2) is 5.13 Å². The summed E-state index contributed by atoms with van der Waals surface area (Å²) in [6, 6.07) is 16.0. The number of benzene rings is 1. The molecular formula is C25H27N7OS. The molecule has 1 aliphatic heterocycles. The molecule has 0 atom stereocenters. The van der Waals surface area contributed by atoms with Gasteiger partial charge in [0.25, 0.3) is 5.91 Å². The number of hydrogen-bond donors (Lipinski definition) is 1. The Kier molecular flexibility index (Phi) is 6.12. The predicted molar refractivity (Wildman–Crippen MR) is 138 cm³/mol. The number of hydrogen-bond acceptors (Lipinski definition) is 8. The van der Waals surface area contributed by atoms with E-state index in [9.17, 15) is 4.79 Å². The van der Waals surface area contributed by atoms with E-state index in [1.165, 1.54) is 16.9 Å². The van der Waals surface area contributed by atoms with Crippen LogP contribution >= 0.6 is 11.3 Å². The van der Waals surface area contributed by atoms with E-state index in [4.69, 9.17) is 4.98 Å². The first-order valence-corrected chi connectivity index (χ1v) is 12.1. The van der Waals surface area contributed by atoms with Crippen LogP contribution in [0.5, 0.6) is 0 Å². The van der Waals surface area contributed by atoms with Crippen molar-refractivity contribution < 1.29 is 4.79 Å². The molecule has 0 aliphatic carbocycles. The Morgan fingerprint density at radius 1 is 1.00 bits per heavy atom. The number of anilines is 4. The lowest BCUT2D eigenvalue weighted by Crippen LogP contribution is -2.47. The standard InChI is InChI=1S/C25H27N7OS/c1-17-4-7-19(8-5-17)31(3)22-11-9-20-23(29-22)34-25(27-20)28-21-10-6-18(16-26-21)24(33)32-14-12-30(2)13-15-32/h4-11,16H,12-15H2,1-3H3,(H,26,27,28). The zero-order valence-corrected chi connectivity index (χ0v) is 20.3. The maximum absolute atomic E-state index is 12.7. The minimum absolute atomic E-state index is 0.0292. The molecule has 8 nitrogen and oxygen atoms in total. The van der Waals surface area contributed by atoms with E-state index in [1.807, 2.05) is 36.2 Å². The maximum Gasteiger partial charge on any atom is 0.255 e. The third kappa shape index (κ3) is 4.71. The van der Waals surface area contributed by atoms with E-state index in [-0.39, 0.29) is 5.91 Å². The summed E-state index contributed by atoms with van der Waals surface area (Å²) in [7, 11) is 4.08. The molecule has 9 heteroatoms. The van der Waals surface area contributed by atoms with Gasteiger partial charge in [0, 0.05) is 45.1 Å². The number of piperazine rings is 1. The molecule has 4 aromatic rings. The molecule has 0 bridgehead atoms. The van der Waals surface area contributed by atoms with Gasteiger partial charge in [-0.1, -0.05) is 29.0 Å². The van der Waals surface area contributed by atoms with Gasteiger partial charge in [-0.3, -0.25) is 4.79 Å². The molecule has 34 heavy (non-hydrogen) atoms. The maximum atomic E-state index is 12.7. The number of thiazole rings is 1. The lowest BCUT2D eigenvalue weighted by atomic mass is 10.2. The minimum Gasteiger partial charge on any atom is -0.336 e. The smallest absolute Gasteiger partial charge is 0.255 e. The van der Waals surface area contributed by atoms with E-state index in [0.29, 0.717) is 16.5 Å². The highest BCUT2D eigenvalue weighted by Gasteiger charge is 2.20. The van der Waals surface area contributed by atoms with Crippen LogP contribution in [-0.2, 0) is 0 Å². The highest BCUT2D eigenvalue weighted by molar-refractivity contribution is 7.21. The Bertz CT molecular complexity index is 1300. The summed E-state index contributed by atoms with van der Waals surface area (Å²) in [6.45, 7) is 5.36. The minimum atomic E-state index is 0.0292. The van der Waals surface area contributed by atoms with E-state index in [1.54, 1.807) is 6.20 Å². The quantitative estimate of drug-likeness (QED) is 0.463. The summed E-state index contributed by atoms with van der Waals surface area (Å²) in [5.74, 6) is 1.53. The number of aryl methyl sites for hydroxylation is 1. The van der Waals surface area contributed by atoms with Crippen LogP contribution in [0.25, 0.3) is 10.3 Å². The van der Waals surface area contributed by atoms with Crippen molar-refractivity contribution in [2.45, 2.75) is 6.92 Å². The molecular weight excluding hydrogens is 446 g/mol. The molecule has 1 amide bonds. The average Bonchev–Trinajstić information content (AvgIpc) is 3.26. The molecule has 0 radical (unpaired) electrons. The van der Waals surface area contributed by atoms with Crippen LogP contribution in [-0.4, -0.2) is 70.9 Å². The van der Waals surface area contributed by atoms with Crippen LogP contribution in [0.2, 0.25) is 0 Å². The third-order valence-electron chi connectivity index (χ3n) is 6.04. The van der Waals surface area contributed by atoms with Gasteiger partial charge >= 0.3 is 0 Å². The first-order chi connectivity index (χ1) is 16.5. The monoisotopic (exact) mass is 473 g/mol. The number of fused-ring (bicyclic) bond motifs is 1. The molecule has 1 aromatic carbocycles. The molecule has 0 spiro atoms. The van der Waals surface area contributed by atoms with Crippen LogP contribution in [0.1, 0.15) is 15.9 Å². The van der Waals surface area contributed by atoms with E-state index in [2.05, 4.69) is 63.3 Å². The van der Waals surface area contributed by atoms with Crippen molar-refractivity contribution in [3.63, 3.8) is 0 Å². The van der Waals surface area contributed by atoms with Gasteiger partial charge in [-0.15, -0.1) is 0 Å². The van der Waals surface area contributed by atoms with Crippen LogP contribution < -0.4 is 10.2 Å². The molecule has 1 N–H and O–H groups in total. The molecule has 1 aliphatic rings. The van der Waals surface area contributed by atoms with Crippen LogP contribution in [0.15, 0.2) is 54.7 Å². The second kappa shape index (κ2) is 9.36. The largest absolute Gasteiger partial charge is 0.336 e. The van der Waals surface area contributed by atoms with Crippen molar-refractivity contribution in [1.82, 2.24) is 24.8 Å². The number of rotatable bonds is 5. The fraction of sp³-hybridized carbons (Fsp3) is 0.280. The van der Waals surface area contributed by atoms with E-state index in [0.717, 1.165) is 48.0 Å². The number of amides is 1. The van der Waals surface area contributed by atoms with Crippen LogP contribution in [0.3, 0.4) is 0 Å². The van der Waals surface area contributed by atoms with Crippen molar-refractivity contribution in [2.75, 3.05) is 50.5 Å². The highest BCUT2D eigenvalue weighted by Crippen LogP contribution is 2.30. The number of aromatic nitrogens is 3. The van der Waals surface area contributed by atoms with E-state index >= 15 is 0 Å². The molecule has 3 aromatic heterocycles. The summed E-state index contributed by atoms with van der Waals surface area (Å²) in [6.07, 6.45) is 1.63. The third-order valence-corrected chi connectivity index (χ3v) is 6.92. The number of likely N-dealkylation sites (N-methyl/N-ethyl adjacent to an activating group) is 1. The number of nitrogens with one attached hydrogen (secondary N) is 1. The zero-order chi connectivity index (χ0) is 23.7. The SMILES string of the molecule is Cc1ccc(N(C)c2ccc3nc(Nc4ccc(C(=O)N5CCN(C)CC5)cn4)sc3n2)cc1. The Balaban J connectivity index is 1.28. The van der Waals surface area contributed by atoms with Crippen LogP contribution in [0, 0.1) is 6.92 Å². The topological polar surface area (TPSA) is 77.5 Å². The molecule has 1 fully saturated rings. The van der Waals surface area contributed by atoms with Crippen molar-refractivity contribution in [3.8, 4) is 0 Å². The van der Waals surface area contributed by atoms with Crippen LogP contribution in [0.4, 0.5) is 22.5 Å². The molecule has 0 unspecified atom stereocenters. The Labute approximate surface area is 202 Å². The highest BCUT2D eigenvalue weighted by atomic mass is 32.1. The summed E-state index contributed by atoms with van der Waals surface area (Å²) in [5.41, 5.74) is 3.74. The van der Waals surface area contributed by atoms with Gasteiger partial charge < -0.3 is 20.0 Å². The van der Waals surface area contributed by atoms with Crippen molar-refractivity contribution in [1.29, 1.82) is 0 Å². The van der Waals surface area contributed by atoms with Gasteiger partial charge in [-0.2, -0.15) is 0 Å². The Morgan fingerprint density at radius 2 is 1.76 bits per heavy atom. The lowest BCUT2D eigenvalue weighted by Gasteiger charge is -2.32. The molecule has 4 heterocycles. The van der Waals surface area contributed by atoms with Crippen molar-refractivity contribution in [3.05, 3.63) is 65.9 Å². The summed E-state index contributed by atoms with van der Waals surface area (Å²) >= 11 is 1.47. The van der Waals surface area contributed by atoms with E-state index < -0.39 is 0 Å². The molecule has 0 saturated carbocycles. The molecule has 1 saturated heterocycles.